The van der Waals surface area contributed by atoms with Gasteiger partial charge in [-0.05, 0) is 24.3 Å². The third kappa shape index (κ3) is 4.20. The van der Waals surface area contributed by atoms with Gasteiger partial charge in [-0.15, -0.1) is 0 Å². The molecule has 3 nitrogen and oxygen atoms in total. The summed E-state index contributed by atoms with van der Waals surface area (Å²) in [6.45, 7) is -0.597. The minimum absolute atomic E-state index is 0.0966. The molecule has 0 heterocycles. The molecule has 1 N–H and O–H groups in total. The van der Waals surface area contributed by atoms with E-state index in [4.69, 9.17) is 4.74 Å². The van der Waals surface area contributed by atoms with Crippen LogP contribution in [0.15, 0.2) is 36.4 Å². The molecule has 0 aliphatic carbocycles. The van der Waals surface area contributed by atoms with Crippen LogP contribution in [0.4, 0.5) is 23.2 Å². The quantitative estimate of drug-likeness (QED) is 0.880. The first kappa shape index (κ1) is 14.8. The Labute approximate surface area is 117 Å². The number of hydrogen-bond acceptors (Lipinski definition) is 2. The Morgan fingerprint density at radius 2 is 1.62 bits per heavy atom. The number of halogens is 4. The molecule has 0 aliphatic rings. The summed E-state index contributed by atoms with van der Waals surface area (Å²) >= 11 is 0. The normalized spacial score (nSPS) is 10.3. The molecule has 1 amide bonds. The standard InChI is InChI=1S/C14H9F4NO2/c15-8-1-2-13(12(18)6-8)21-7-14(20)19-11-4-9(16)3-10(17)5-11/h1-6H,7H2,(H,19,20). The lowest BCUT2D eigenvalue weighted by atomic mass is 10.3. The second kappa shape index (κ2) is 6.25. The molecule has 0 radical (unpaired) electrons. The molecule has 0 unspecified atom stereocenters. The molecule has 0 bridgehead atoms. The van der Waals surface area contributed by atoms with Crippen LogP contribution in [0, 0.1) is 23.3 Å². The van der Waals surface area contributed by atoms with Gasteiger partial charge in [-0.2, -0.15) is 0 Å². The average Bonchev–Trinajstić information content (AvgIpc) is 2.36. The number of ether oxygens (including phenoxy) is 1. The van der Waals surface area contributed by atoms with Gasteiger partial charge in [-0.25, -0.2) is 17.6 Å². The minimum Gasteiger partial charge on any atom is -0.481 e. The first-order chi connectivity index (χ1) is 9.94. The summed E-state index contributed by atoms with van der Waals surface area (Å²) in [5.74, 6) is -4.49. The fraction of sp³-hybridized carbons (Fsp3) is 0.0714. The molecular formula is C14H9F4NO2. The highest BCUT2D eigenvalue weighted by Crippen LogP contribution is 2.18. The topological polar surface area (TPSA) is 38.3 Å². The number of nitrogens with one attached hydrogen (secondary N) is 1. The van der Waals surface area contributed by atoms with Crippen LogP contribution in [0.25, 0.3) is 0 Å². The predicted octanol–water partition coefficient (Wildman–Crippen LogP) is 3.26. The van der Waals surface area contributed by atoms with Crippen molar-refractivity contribution in [3.63, 3.8) is 0 Å². The van der Waals surface area contributed by atoms with E-state index in [0.29, 0.717) is 12.1 Å². The van der Waals surface area contributed by atoms with E-state index in [1.807, 2.05) is 0 Å². The summed E-state index contributed by atoms with van der Waals surface area (Å²) in [4.78, 5) is 11.5. The Kier molecular flexibility index (Phi) is 4.42. The number of carbonyl (C=O) groups excluding carboxylic acids is 1. The first-order valence-electron chi connectivity index (χ1n) is 5.78. The molecular weight excluding hydrogens is 290 g/mol. The maximum absolute atomic E-state index is 13.2. The summed E-state index contributed by atoms with van der Waals surface area (Å²) < 4.78 is 56.6. The number of anilines is 1. The summed E-state index contributed by atoms with van der Waals surface area (Å²) in [7, 11) is 0. The second-order valence-electron chi connectivity index (χ2n) is 4.07. The van der Waals surface area contributed by atoms with Crippen molar-refractivity contribution in [1.82, 2.24) is 0 Å². The van der Waals surface area contributed by atoms with Crippen molar-refractivity contribution in [2.75, 3.05) is 11.9 Å². The van der Waals surface area contributed by atoms with Crippen LogP contribution in [-0.4, -0.2) is 12.5 Å². The molecule has 7 heteroatoms. The molecule has 2 aromatic rings. The van der Waals surface area contributed by atoms with Crippen molar-refractivity contribution in [1.29, 1.82) is 0 Å². The maximum atomic E-state index is 13.2. The molecule has 21 heavy (non-hydrogen) atoms. The first-order valence-corrected chi connectivity index (χ1v) is 5.78. The second-order valence-corrected chi connectivity index (χ2v) is 4.07. The van der Waals surface area contributed by atoms with Crippen molar-refractivity contribution < 1.29 is 27.1 Å². The minimum atomic E-state index is -0.959. The lowest BCUT2D eigenvalue weighted by Crippen LogP contribution is -2.20. The van der Waals surface area contributed by atoms with Gasteiger partial charge < -0.3 is 10.1 Å². The molecule has 0 atom stereocenters. The van der Waals surface area contributed by atoms with Gasteiger partial charge in [0.05, 0.1) is 0 Å². The Morgan fingerprint density at radius 1 is 0.952 bits per heavy atom. The Balaban J connectivity index is 1.95. The summed E-state index contributed by atoms with van der Waals surface area (Å²) in [6.07, 6.45) is 0. The van der Waals surface area contributed by atoms with Crippen LogP contribution in [0.5, 0.6) is 5.75 Å². The van der Waals surface area contributed by atoms with E-state index in [1.54, 1.807) is 0 Å². The summed E-state index contributed by atoms with van der Waals surface area (Å²) in [5, 5.41) is 2.18. The van der Waals surface area contributed by atoms with Crippen LogP contribution in [0.3, 0.4) is 0 Å². The van der Waals surface area contributed by atoms with E-state index < -0.39 is 35.8 Å². The van der Waals surface area contributed by atoms with Crippen molar-refractivity contribution in [2.45, 2.75) is 0 Å². The predicted molar refractivity (Wildman–Crippen MR) is 66.8 cm³/mol. The Morgan fingerprint density at radius 3 is 2.24 bits per heavy atom. The molecule has 110 valence electrons. The van der Waals surface area contributed by atoms with Gasteiger partial charge in [0.2, 0.25) is 0 Å². The van der Waals surface area contributed by atoms with E-state index in [2.05, 4.69) is 5.32 Å². The molecule has 2 rings (SSSR count). The Hall–Kier alpha value is -2.57. The number of carbonyl (C=O) groups is 1. The molecule has 0 aromatic heterocycles. The summed E-state index contributed by atoms with van der Waals surface area (Å²) in [6, 6.07) is 5.09. The van der Waals surface area contributed by atoms with Crippen LogP contribution in [-0.2, 0) is 4.79 Å². The number of benzene rings is 2. The molecule has 0 saturated carbocycles. The third-order valence-electron chi connectivity index (χ3n) is 2.40. The molecule has 0 fully saturated rings. The number of amides is 1. The van der Waals surface area contributed by atoms with Gasteiger partial charge in [0.1, 0.15) is 17.5 Å². The van der Waals surface area contributed by atoms with Gasteiger partial charge in [-0.1, -0.05) is 0 Å². The maximum Gasteiger partial charge on any atom is 0.262 e. The van der Waals surface area contributed by atoms with Crippen LogP contribution >= 0.6 is 0 Å². The third-order valence-corrected chi connectivity index (χ3v) is 2.40. The van der Waals surface area contributed by atoms with Gasteiger partial charge in [-0.3, -0.25) is 4.79 Å². The smallest absolute Gasteiger partial charge is 0.262 e. The van der Waals surface area contributed by atoms with Gasteiger partial charge in [0.15, 0.2) is 18.2 Å². The van der Waals surface area contributed by atoms with Crippen molar-refractivity contribution >= 4 is 11.6 Å². The van der Waals surface area contributed by atoms with Crippen LogP contribution in [0.1, 0.15) is 0 Å². The highest BCUT2D eigenvalue weighted by Gasteiger charge is 2.09. The van der Waals surface area contributed by atoms with E-state index >= 15 is 0 Å². The van der Waals surface area contributed by atoms with E-state index in [-0.39, 0.29) is 11.4 Å². The zero-order valence-corrected chi connectivity index (χ0v) is 10.5. The van der Waals surface area contributed by atoms with Crippen molar-refractivity contribution in [2.24, 2.45) is 0 Å². The average molecular weight is 299 g/mol. The highest BCUT2D eigenvalue weighted by atomic mass is 19.1. The lowest BCUT2D eigenvalue weighted by molar-refractivity contribution is -0.118. The zero-order valence-electron chi connectivity index (χ0n) is 10.5. The molecule has 0 saturated heterocycles. The molecule has 0 aliphatic heterocycles. The largest absolute Gasteiger partial charge is 0.481 e. The highest BCUT2D eigenvalue weighted by molar-refractivity contribution is 5.91. The fourth-order valence-corrected chi connectivity index (χ4v) is 1.56. The number of rotatable bonds is 4. The van der Waals surface area contributed by atoms with Crippen LogP contribution < -0.4 is 10.1 Å². The molecule has 2 aromatic carbocycles. The SMILES string of the molecule is O=C(COc1ccc(F)cc1F)Nc1cc(F)cc(F)c1. The van der Waals surface area contributed by atoms with Crippen molar-refractivity contribution in [3.05, 3.63) is 59.7 Å². The van der Waals surface area contributed by atoms with Gasteiger partial charge in [0.25, 0.3) is 5.91 Å². The van der Waals surface area contributed by atoms with Crippen molar-refractivity contribution in [3.8, 4) is 5.75 Å². The number of hydrogen-bond donors (Lipinski definition) is 1. The zero-order chi connectivity index (χ0) is 15.4. The van der Waals surface area contributed by atoms with E-state index in [9.17, 15) is 22.4 Å². The molecule has 0 spiro atoms. The van der Waals surface area contributed by atoms with Crippen LogP contribution in [0.2, 0.25) is 0 Å². The van der Waals surface area contributed by atoms with E-state index in [1.165, 1.54) is 0 Å². The van der Waals surface area contributed by atoms with Gasteiger partial charge in [0, 0.05) is 17.8 Å². The summed E-state index contributed by atoms with van der Waals surface area (Å²) in [5.41, 5.74) is -0.0966. The lowest BCUT2D eigenvalue weighted by Gasteiger charge is -2.08. The van der Waals surface area contributed by atoms with Gasteiger partial charge >= 0.3 is 0 Å². The Bertz CT molecular complexity index is 656. The van der Waals surface area contributed by atoms with E-state index in [0.717, 1.165) is 24.3 Å². The monoisotopic (exact) mass is 299 g/mol. The fourth-order valence-electron chi connectivity index (χ4n) is 1.56.